The summed E-state index contributed by atoms with van der Waals surface area (Å²) in [4.78, 5) is 28.4. The molecule has 2 fully saturated rings. The van der Waals surface area contributed by atoms with Gasteiger partial charge in [0.05, 0.1) is 6.54 Å². The fourth-order valence-corrected chi connectivity index (χ4v) is 3.44. The summed E-state index contributed by atoms with van der Waals surface area (Å²) in [5, 5.41) is 2.92. The van der Waals surface area contributed by atoms with Crippen LogP contribution in [0.15, 0.2) is 30.3 Å². The van der Waals surface area contributed by atoms with E-state index in [2.05, 4.69) is 22.3 Å². The number of nitrogens with one attached hydrogen (secondary N) is 1. The van der Waals surface area contributed by atoms with Crippen LogP contribution < -0.4 is 11.1 Å². The lowest BCUT2D eigenvalue weighted by Crippen LogP contribution is -2.66. The molecular weight excluding hydrogens is 280 g/mol. The van der Waals surface area contributed by atoms with Crippen LogP contribution in [0.4, 0.5) is 0 Å². The highest BCUT2D eigenvalue weighted by Gasteiger charge is 2.51. The van der Waals surface area contributed by atoms with Crippen LogP contribution in [-0.4, -0.2) is 59.9 Å². The van der Waals surface area contributed by atoms with Gasteiger partial charge in [0, 0.05) is 32.7 Å². The van der Waals surface area contributed by atoms with Gasteiger partial charge in [-0.2, -0.15) is 0 Å². The molecular formula is C16H22N4O2. The minimum atomic E-state index is -0.612. The molecule has 2 amide bonds. The van der Waals surface area contributed by atoms with Crippen LogP contribution in [-0.2, 0) is 16.1 Å². The van der Waals surface area contributed by atoms with Crippen LogP contribution in [0.3, 0.4) is 0 Å². The van der Waals surface area contributed by atoms with Crippen molar-refractivity contribution in [2.24, 2.45) is 5.73 Å². The number of nitrogens with two attached hydrogens (primary N) is 1. The van der Waals surface area contributed by atoms with Crippen molar-refractivity contribution in [1.82, 2.24) is 15.1 Å². The molecule has 1 aromatic carbocycles. The van der Waals surface area contributed by atoms with Crippen molar-refractivity contribution in [3.8, 4) is 0 Å². The van der Waals surface area contributed by atoms with E-state index in [9.17, 15) is 9.59 Å². The van der Waals surface area contributed by atoms with Gasteiger partial charge >= 0.3 is 0 Å². The van der Waals surface area contributed by atoms with E-state index in [0.717, 1.165) is 13.0 Å². The summed E-state index contributed by atoms with van der Waals surface area (Å²) >= 11 is 0. The van der Waals surface area contributed by atoms with E-state index in [0.29, 0.717) is 26.2 Å². The van der Waals surface area contributed by atoms with Crippen LogP contribution in [0.1, 0.15) is 12.0 Å². The zero-order valence-corrected chi connectivity index (χ0v) is 12.6. The van der Waals surface area contributed by atoms with E-state index in [4.69, 9.17) is 5.73 Å². The maximum absolute atomic E-state index is 12.5. The van der Waals surface area contributed by atoms with E-state index in [1.165, 1.54) is 5.56 Å². The topological polar surface area (TPSA) is 78.7 Å². The Kier molecular flexibility index (Phi) is 4.13. The zero-order chi connectivity index (χ0) is 15.6. The monoisotopic (exact) mass is 302 g/mol. The second kappa shape index (κ2) is 6.06. The van der Waals surface area contributed by atoms with Gasteiger partial charge in [0.15, 0.2) is 0 Å². The second-order valence-electron chi connectivity index (χ2n) is 5.96. The minimum Gasteiger partial charge on any atom is -0.354 e. The summed E-state index contributed by atoms with van der Waals surface area (Å²) < 4.78 is 0. The molecule has 0 aliphatic carbocycles. The van der Waals surface area contributed by atoms with Crippen LogP contribution in [0.2, 0.25) is 0 Å². The Hall–Kier alpha value is -1.92. The maximum atomic E-state index is 12.5. The van der Waals surface area contributed by atoms with Crippen molar-refractivity contribution in [1.29, 1.82) is 0 Å². The van der Waals surface area contributed by atoms with E-state index in [1.54, 1.807) is 4.90 Å². The standard InChI is InChI=1S/C16H22N4O2/c17-10-14(21)19-8-9-20(11-13-4-2-1-3-5-13)16(12-19)6-7-18-15(16)22/h1-5H,6-12,17H2,(H,18,22). The van der Waals surface area contributed by atoms with Gasteiger partial charge < -0.3 is 16.0 Å². The van der Waals surface area contributed by atoms with Crippen LogP contribution in [0, 0.1) is 0 Å². The van der Waals surface area contributed by atoms with Crippen molar-refractivity contribution in [3.63, 3.8) is 0 Å². The van der Waals surface area contributed by atoms with Crippen molar-refractivity contribution in [2.45, 2.75) is 18.5 Å². The Morgan fingerprint density at radius 1 is 1.27 bits per heavy atom. The predicted molar refractivity (Wildman–Crippen MR) is 82.8 cm³/mol. The molecule has 1 unspecified atom stereocenters. The van der Waals surface area contributed by atoms with E-state index >= 15 is 0 Å². The quantitative estimate of drug-likeness (QED) is 0.792. The van der Waals surface area contributed by atoms with Gasteiger partial charge in [-0.05, 0) is 12.0 Å². The zero-order valence-electron chi connectivity index (χ0n) is 12.6. The Bertz CT molecular complexity index is 563. The Morgan fingerprint density at radius 3 is 2.68 bits per heavy atom. The van der Waals surface area contributed by atoms with Crippen molar-refractivity contribution >= 4 is 11.8 Å². The average molecular weight is 302 g/mol. The second-order valence-corrected chi connectivity index (χ2v) is 5.96. The van der Waals surface area contributed by atoms with E-state index in [-0.39, 0.29) is 18.4 Å². The van der Waals surface area contributed by atoms with Gasteiger partial charge in [-0.15, -0.1) is 0 Å². The van der Waals surface area contributed by atoms with E-state index in [1.807, 2.05) is 18.2 Å². The maximum Gasteiger partial charge on any atom is 0.242 e. The fourth-order valence-electron chi connectivity index (χ4n) is 3.44. The molecule has 2 saturated heterocycles. The summed E-state index contributed by atoms with van der Waals surface area (Å²) in [6.07, 6.45) is 0.729. The van der Waals surface area contributed by atoms with Crippen molar-refractivity contribution in [2.75, 3.05) is 32.7 Å². The molecule has 2 aliphatic rings. The first-order valence-corrected chi connectivity index (χ1v) is 7.71. The third-order valence-corrected chi connectivity index (χ3v) is 4.69. The lowest BCUT2D eigenvalue weighted by molar-refractivity contribution is -0.143. The number of benzene rings is 1. The van der Waals surface area contributed by atoms with Gasteiger partial charge in [0.2, 0.25) is 11.8 Å². The number of carbonyl (C=O) groups excluding carboxylic acids is 2. The molecule has 1 atom stereocenters. The van der Waals surface area contributed by atoms with Gasteiger partial charge in [-0.25, -0.2) is 0 Å². The molecule has 118 valence electrons. The molecule has 1 spiro atoms. The van der Waals surface area contributed by atoms with Crippen molar-refractivity contribution < 1.29 is 9.59 Å². The molecule has 0 aromatic heterocycles. The highest BCUT2D eigenvalue weighted by molar-refractivity contribution is 5.90. The van der Waals surface area contributed by atoms with E-state index < -0.39 is 5.54 Å². The molecule has 0 saturated carbocycles. The average Bonchev–Trinajstić information content (AvgIpc) is 2.91. The fraction of sp³-hybridized carbons (Fsp3) is 0.500. The SMILES string of the molecule is NCC(=O)N1CCN(Cc2ccccc2)C2(CCNC2=O)C1. The molecule has 3 rings (SSSR count). The van der Waals surface area contributed by atoms with Crippen LogP contribution >= 0.6 is 0 Å². The third kappa shape index (κ3) is 2.60. The Balaban J connectivity index is 1.83. The minimum absolute atomic E-state index is 0.00359. The lowest BCUT2D eigenvalue weighted by Gasteiger charge is -2.47. The summed E-state index contributed by atoms with van der Waals surface area (Å²) in [6, 6.07) is 10.1. The summed E-state index contributed by atoms with van der Waals surface area (Å²) in [7, 11) is 0. The van der Waals surface area contributed by atoms with Gasteiger partial charge in [-0.1, -0.05) is 30.3 Å². The molecule has 6 nitrogen and oxygen atoms in total. The molecule has 6 heteroatoms. The smallest absolute Gasteiger partial charge is 0.242 e. The number of rotatable bonds is 3. The molecule has 1 aromatic rings. The molecule has 2 heterocycles. The largest absolute Gasteiger partial charge is 0.354 e. The Labute approximate surface area is 130 Å². The number of amides is 2. The number of hydrogen-bond acceptors (Lipinski definition) is 4. The third-order valence-electron chi connectivity index (χ3n) is 4.69. The first kappa shape index (κ1) is 15.0. The Morgan fingerprint density at radius 2 is 2.05 bits per heavy atom. The highest BCUT2D eigenvalue weighted by atomic mass is 16.2. The van der Waals surface area contributed by atoms with Gasteiger partial charge in [-0.3, -0.25) is 14.5 Å². The summed E-state index contributed by atoms with van der Waals surface area (Å²) in [5.74, 6) is -0.0589. The first-order valence-electron chi connectivity index (χ1n) is 7.71. The predicted octanol–water partition coefficient (Wildman–Crippen LogP) is -0.452. The molecule has 2 aliphatic heterocycles. The first-order chi connectivity index (χ1) is 10.7. The molecule has 0 bridgehead atoms. The number of carbonyl (C=O) groups is 2. The normalized spacial score (nSPS) is 25.5. The van der Waals surface area contributed by atoms with Crippen LogP contribution in [0.25, 0.3) is 0 Å². The number of hydrogen-bond donors (Lipinski definition) is 2. The molecule has 3 N–H and O–H groups in total. The van der Waals surface area contributed by atoms with Crippen LogP contribution in [0.5, 0.6) is 0 Å². The summed E-state index contributed by atoms with van der Waals surface area (Å²) in [6.45, 7) is 3.12. The summed E-state index contributed by atoms with van der Waals surface area (Å²) in [5.41, 5.74) is 6.05. The van der Waals surface area contributed by atoms with Gasteiger partial charge in [0.1, 0.15) is 5.54 Å². The molecule has 0 radical (unpaired) electrons. The van der Waals surface area contributed by atoms with Crippen molar-refractivity contribution in [3.05, 3.63) is 35.9 Å². The number of nitrogens with zero attached hydrogens (tertiary/aromatic N) is 2. The molecule has 22 heavy (non-hydrogen) atoms. The number of piperazine rings is 1. The highest BCUT2D eigenvalue weighted by Crippen LogP contribution is 2.30. The lowest BCUT2D eigenvalue weighted by atomic mass is 9.91. The van der Waals surface area contributed by atoms with Gasteiger partial charge in [0.25, 0.3) is 0 Å².